The Hall–Kier alpha value is -4.42. The molecule has 2 aromatic carbocycles. The summed E-state index contributed by atoms with van der Waals surface area (Å²) >= 11 is 3.65. The Bertz CT molecular complexity index is 1640. The Morgan fingerprint density at radius 2 is 1.75 bits per heavy atom. The second kappa shape index (κ2) is 13.5. The summed E-state index contributed by atoms with van der Waals surface area (Å²) in [6.45, 7) is 11.0. The fourth-order valence-electron chi connectivity index (χ4n) is 4.64. The van der Waals surface area contributed by atoms with Crippen molar-refractivity contribution in [2.45, 2.75) is 39.8 Å². The number of carbonyl (C=O) groups is 2. The number of rotatable bonds is 7. The van der Waals surface area contributed by atoms with Crippen LogP contribution >= 0.6 is 15.9 Å². The minimum Gasteiger partial charge on any atom is -0.444 e. The maximum atomic E-state index is 13.2. The normalized spacial score (nSPS) is 13.8. The molecule has 1 fully saturated rings. The van der Waals surface area contributed by atoms with Gasteiger partial charge in [-0.1, -0.05) is 28.1 Å². The van der Waals surface area contributed by atoms with E-state index in [2.05, 4.69) is 51.4 Å². The maximum absolute atomic E-state index is 13.2. The van der Waals surface area contributed by atoms with Gasteiger partial charge in [0.1, 0.15) is 11.9 Å². The summed E-state index contributed by atoms with van der Waals surface area (Å²) in [6, 6.07) is 13.1. The standard InChI is InChI=1S/C32H35BrN8O3/c1-21-5-8-25(16-28(21)39-30-36-10-9-27(38-30)24-17-34-20-35-18-24)37-29(42)22-6-7-23(26(33)15-22)19-40-11-13-41(14-12-40)31(43)44-32(2,3)4/h5-10,15-18,20H,11-14,19H2,1-4H3,(H,37,42)(H,36,38,39). The Morgan fingerprint density at radius 1 is 1.00 bits per heavy atom. The molecule has 11 nitrogen and oxygen atoms in total. The zero-order chi connectivity index (χ0) is 31.3. The van der Waals surface area contributed by atoms with Crippen molar-refractivity contribution in [2.75, 3.05) is 36.8 Å². The number of anilines is 3. The number of aromatic nitrogens is 4. The van der Waals surface area contributed by atoms with Crippen LogP contribution in [0.4, 0.5) is 22.1 Å². The van der Waals surface area contributed by atoms with Gasteiger partial charge in [-0.05, 0) is 69.2 Å². The molecule has 44 heavy (non-hydrogen) atoms. The molecule has 1 aliphatic rings. The number of carbonyl (C=O) groups excluding carboxylic acids is 2. The zero-order valence-corrected chi connectivity index (χ0v) is 26.8. The molecule has 1 saturated heterocycles. The molecule has 5 rings (SSSR count). The Kier molecular flexibility index (Phi) is 9.50. The van der Waals surface area contributed by atoms with E-state index in [1.165, 1.54) is 6.33 Å². The lowest BCUT2D eigenvalue weighted by atomic mass is 10.1. The van der Waals surface area contributed by atoms with E-state index in [0.717, 1.165) is 39.9 Å². The quantitative estimate of drug-likeness (QED) is 0.244. The zero-order valence-electron chi connectivity index (χ0n) is 25.2. The Balaban J connectivity index is 1.19. The third-order valence-corrected chi connectivity index (χ3v) is 7.73. The largest absolute Gasteiger partial charge is 0.444 e. The van der Waals surface area contributed by atoms with E-state index < -0.39 is 5.60 Å². The van der Waals surface area contributed by atoms with Gasteiger partial charge in [0.25, 0.3) is 5.91 Å². The van der Waals surface area contributed by atoms with E-state index in [9.17, 15) is 9.59 Å². The predicted octanol–water partition coefficient (Wildman–Crippen LogP) is 6.05. The number of aryl methyl sites for hydroxylation is 1. The number of amides is 2. The van der Waals surface area contributed by atoms with Crippen LogP contribution in [0.25, 0.3) is 11.3 Å². The second-order valence-corrected chi connectivity index (χ2v) is 12.4. The second-order valence-electron chi connectivity index (χ2n) is 11.6. The van der Waals surface area contributed by atoms with E-state index in [0.29, 0.717) is 42.5 Å². The van der Waals surface area contributed by atoms with Crippen molar-refractivity contribution in [1.29, 1.82) is 0 Å². The lowest BCUT2D eigenvalue weighted by Gasteiger charge is -2.35. The average molecular weight is 660 g/mol. The van der Waals surface area contributed by atoms with Gasteiger partial charge in [-0.25, -0.2) is 24.7 Å². The molecule has 2 amide bonds. The van der Waals surface area contributed by atoms with Crippen LogP contribution in [-0.4, -0.2) is 73.5 Å². The first-order valence-electron chi connectivity index (χ1n) is 14.3. The van der Waals surface area contributed by atoms with Gasteiger partial charge in [-0.2, -0.15) is 0 Å². The summed E-state index contributed by atoms with van der Waals surface area (Å²) in [4.78, 5) is 46.6. The van der Waals surface area contributed by atoms with Crippen LogP contribution < -0.4 is 10.6 Å². The molecule has 3 heterocycles. The third-order valence-electron chi connectivity index (χ3n) is 6.99. The predicted molar refractivity (Wildman–Crippen MR) is 173 cm³/mol. The Labute approximate surface area is 265 Å². The fourth-order valence-corrected chi connectivity index (χ4v) is 5.15. The fraction of sp³-hybridized carbons (Fsp3) is 0.312. The number of halogens is 1. The smallest absolute Gasteiger partial charge is 0.410 e. The molecule has 2 aromatic heterocycles. The number of nitrogens with one attached hydrogen (secondary N) is 2. The minimum atomic E-state index is -0.507. The molecule has 0 aliphatic carbocycles. The van der Waals surface area contributed by atoms with Gasteiger partial charge in [-0.3, -0.25) is 9.69 Å². The van der Waals surface area contributed by atoms with Crippen LogP contribution in [0.5, 0.6) is 0 Å². The van der Waals surface area contributed by atoms with Crippen LogP contribution in [0.15, 0.2) is 71.9 Å². The number of hydrogen-bond acceptors (Lipinski definition) is 9. The molecule has 0 unspecified atom stereocenters. The summed E-state index contributed by atoms with van der Waals surface area (Å²) in [7, 11) is 0. The van der Waals surface area contributed by atoms with Crippen LogP contribution in [0.1, 0.15) is 42.3 Å². The molecule has 0 bridgehead atoms. The highest BCUT2D eigenvalue weighted by atomic mass is 79.9. The summed E-state index contributed by atoms with van der Waals surface area (Å²) in [5.74, 6) is 0.198. The minimum absolute atomic E-state index is 0.222. The van der Waals surface area contributed by atoms with E-state index >= 15 is 0 Å². The van der Waals surface area contributed by atoms with Crippen molar-refractivity contribution in [3.8, 4) is 11.3 Å². The number of benzene rings is 2. The van der Waals surface area contributed by atoms with Crippen LogP contribution in [0, 0.1) is 6.92 Å². The Morgan fingerprint density at radius 3 is 2.45 bits per heavy atom. The molecule has 0 atom stereocenters. The van der Waals surface area contributed by atoms with Crippen LogP contribution in [0.2, 0.25) is 0 Å². The topological polar surface area (TPSA) is 125 Å². The highest BCUT2D eigenvalue weighted by Crippen LogP contribution is 2.26. The summed E-state index contributed by atoms with van der Waals surface area (Å²) in [6.07, 6.45) is 6.26. The highest BCUT2D eigenvalue weighted by molar-refractivity contribution is 9.10. The highest BCUT2D eigenvalue weighted by Gasteiger charge is 2.26. The summed E-state index contributed by atoms with van der Waals surface area (Å²) in [5, 5.41) is 6.25. The molecule has 1 aliphatic heterocycles. The van der Waals surface area contributed by atoms with Crippen LogP contribution in [0.3, 0.4) is 0 Å². The summed E-state index contributed by atoms with van der Waals surface area (Å²) < 4.78 is 6.35. The van der Waals surface area contributed by atoms with E-state index in [4.69, 9.17) is 4.74 Å². The molecule has 0 spiro atoms. The molecule has 228 valence electrons. The average Bonchev–Trinajstić information content (AvgIpc) is 3.00. The van der Waals surface area contributed by atoms with E-state index in [1.54, 1.807) is 29.6 Å². The van der Waals surface area contributed by atoms with Gasteiger partial charge in [0.15, 0.2) is 0 Å². The lowest BCUT2D eigenvalue weighted by Crippen LogP contribution is -2.49. The summed E-state index contributed by atoms with van der Waals surface area (Å²) in [5.41, 5.74) is 4.96. The molecule has 0 saturated carbocycles. The van der Waals surface area contributed by atoms with Crippen molar-refractivity contribution in [3.63, 3.8) is 0 Å². The monoisotopic (exact) mass is 658 g/mol. The molecular weight excluding hydrogens is 624 g/mol. The van der Waals surface area contributed by atoms with Gasteiger partial charge in [0.05, 0.1) is 5.69 Å². The molecular formula is C32H35BrN8O3. The third kappa shape index (κ3) is 8.14. The lowest BCUT2D eigenvalue weighted by molar-refractivity contribution is 0.0139. The first kappa shape index (κ1) is 31.0. The molecule has 12 heteroatoms. The number of nitrogens with zero attached hydrogens (tertiary/aromatic N) is 6. The van der Waals surface area contributed by atoms with Gasteiger partial charge >= 0.3 is 6.09 Å². The van der Waals surface area contributed by atoms with Gasteiger partial charge in [0, 0.05) is 78.3 Å². The maximum Gasteiger partial charge on any atom is 0.410 e. The van der Waals surface area contributed by atoms with Gasteiger partial charge < -0.3 is 20.3 Å². The first-order chi connectivity index (χ1) is 21.0. The van der Waals surface area contributed by atoms with Crippen molar-refractivity contribution in [3.05, 3.63) is 88.5 Å². The molecule has 0 radical (unpaired) electrons. The number of piperazine rings is 1. The molecule has 4 aromatic rings. The van der Waals surface area contributed by atoms with E-state index in [-0.39, 0.29) is 12.0 Å². The van der Waals surface area contributed by atoms with Crippen molar-refractivity contribution in [2.24, 2.45) is 0 Å². The van der Waals surface area contributed by atoms with E-state index in [1.807, 2.05) is 64.1 Å². The van der Waals surface area contributed by atoms with Crippen molar-refractivity contribution >= 4 is 45.3 Å². The van der Waals surface area contributed by atoms with Gasteiger partial charge in [0.2, 0.25) is 5.95 Å². The first-order valence-corrected chi connectivity index (χ1v) is 15.1. The van der Waals surface area contributed by atoms with Gasteiger partial charge in [-0.15, -0.1) is 0 Å². The SMILES string of the molecule is Cc1ccc(NC(=O)c2ccc(CN3CCN(C(=O)OC(C)(C)C)CC3)c(Br)c2)cc1Nc1nccc(-c2cncnc2)n1. The molecule has 2 N–H and O–H groups in total. The number of ether oxygens (including phenoxy) is 1. The number of hydrogen-bond donors (Lipinski definition) is 2. The van der Waals surface area contributed by atoms with Crippen molar-refractivity contribution < 1.29 is 14.3 Å². The van der Waals surface area contributed by atoms with Crippen molar-refractivity contribution in [1.82, 2.24) is 29.7 Å². The van der Waals surface area contributed by atoms with Crippen LogP contribution in [-0.2, 0) is 11.3 Å².